The third-order valence-corrected chi connectivity index (χ3v) is 4.53. The lowest BCUT2D eigenvalue weighted by atomic mass is 10.1. The number of carboxylic acids is 1. The number of carbonyl (C=O) groups is 2. The number of hydrogen-bond acceptors (Lipinski definition) is 5. The zero-order valence-electron chi connectivity index (χ0n) is 12.8. The molecule has 0 aliphatic rings. The van der Waals surface area contributed by atoms with Crippen molar-refractivity contribution in [3.63, 3.8) is 0 Å². The first kappa shape index (κ1) is 17.7. The maximum Gasteiger partial charge on any atom is 0.303 e. The molecule has 0 aliphatic carbocycles. The largest absolute Gasteiger partial charge is 0.481 e. The molecule has 24 heavy (non-hydrogen) atoms. The summed E-state index contributed by atoms with van der Waals surface area (Å²) < 4.78 is 29.2. The van der Waals surface area contributed by atoms with Crippen molar-refractivity contribution in [2.45, 2.75) is 24.7 Å². The number of nitrogens with one attached hydrogen (secondary N) is 2. The number of aliphatic carboxylic acids is 1. The Bertz CT molecular complexity index is 839. The molecule has 0 atom stereocenters. The van der Waals surface area contributed by atoms with Crippen molar-refractivity contribution in [2.24, 2.45) is 0 Å². The number of benzene rings is 1. The molecule has 0 radical (unpaired) electrons. The Kier molecular flexibility index (Phi) is 5.37. The molecular formula is C15H16N2O6S. The lowest BCUT2D eigenvalue weighted by Crippen LogP contribution is -2.41. The molecule has 0 aliphatic heterocycles. The second-order valence-electron chi connectivity index (χ2n) is 4.99. The van der Waals surface area contributed by atoms with Gasteiger partial charge in [0.25, 0.3) is 15.9 Å². The molecule has 1 aromatic heterocycles. The van der Waals surface area contributed by atoms with Gasteiger partial charge in [0.15, 0.2) is 0 Å². The minimum atomic E-state index is -3.94. The highest BCUT2D eigenvalue weighted by Crippen LogP contribution is 2.12. The monoisotopic (exact) mass is 352 g/mol. The third kappa shape index (κ3) is 4.43. The predicted molar refractivity (Wildman–Crippen MR) is 83.6 cm³/mol. The van der Waals surface area contributed by atoms with Gasteiger partial charge in [-0.1, -0.05) is 12.1 Å². The van der Waals surface area contributed by atoms with Crippen molar-refractivity contribution in [3.05, 3.63) is 53.5 Å². The van der Waals surface area contributed by atoms with E-state index in [1.807, 2.05) is 4.83 Å². The lowest BCUT2D eigenvalue weighted by molar-refractivity contribution is -0.136. The smallest absolute Gasteiger partial charge is 0.303 e. The molecule has 1 amide bonds. The van der Waals surface area contributed by atoms with Gasteiger partial charge in [-0.2, -0.15) is 0 Å². The summed E-state index contributed by atoms with van der Waals surface area (Å²) in [5, 5.41) is 8.63. The van der Waals surface area contributed by atoms with E-state index < -0.39 is 21.9 Å². The van der Waals surface area contributed by atoms with Gasteiger partial charge in [-0.15, -0.1) is 4.83 Å². The summed E-state index contributed by atoms with van der Waals surface area (Å²) in [7, 11) is -3.94. The summed E-state index contributed by atoms with van der Waals surface area (Å²) in [5.74, 6) is -1.19. The first-order valence-corrected chi connectivity index (χ1v) is 8.45. The van der Waals surface area contributed by atoms with Crippen LogP contribution < -0.4 is 10.3 Å². The van der Waals surface area contributed by atoms with Crippen LogP contribution >= 0.6 is 0 Å². The Morgan fingerprint density at radius 1 is 1.17 bits per heavy atom. The average molecular weight is 352 g/mol. The molecule has 1 heterocycles. The predicted octanol–water partition coefficient (Wildman–Crippen LogP) is 1.23. The van der Waals surface area contributed by atoms with E-state index >= 15 is 0 Å². The molecule has 128 valence electrons. The molecule has 9 heteroatoms. The zero-order valence-corrected chi connectivity index (χ0v) is 13.6. The Morgan fingerprint density at radius 2 is 1.83 bits per heavy atom. The molecule has 2 aromatic rings. The Morgan fingerprint density at radius 3 is 2.38 bits per heavy atom. The Balaban J connectivity index is 2.01. The van der Waals surface area contributed by atoms with E-state index in [1.165, 1.54) is 36.6 Å². The summed E-state index contributed by atoms with van der Waals surface area (Å²) in [5.41, 5.74) is 3.03. The van der Waals surface area contributed by atoms with E-state index in [1.54, 1.807) is 6.92 Å². The highest BCUT2D eigenvalue weighted by Gasteiger charge is 2.17. The minimum Gasteiger partial charge on any atom is -0.481 e. The van der Waals surface area contributed by atoms with E-state index in [0.717, 1.165) is 0 Å². The van der Waals surface area contributed by atoms with Gasteiger partial charge >= 0.3 is 5.97 Å². The molecule has 1 aromatic carbocycles. The standard InChI is InChI=1S/C15H16N2O6S/c1-10-13(8-9-23-10)15(20)16-17-24(21,22)12-5-2-11(3-6-12)4-7-14(18)19/h2-3,5-6,8-9,17H,4,7H2,1H3,(H,16,20)(H,18,19). The fraction of sp³-hybridized carbons (Fsp3) is 0.200. The molecule has 0 unspecified atom stereocenters. The van der Waals surface area contributed by atoms with Gasteiger partial charge in [0.1, 0.15) is 5.76 Å². The van der Waals surface area contributed by atoms with E-state index in [-0.39, 0.29) is 16.9 Å². The Hall–Kier alpha value is -2.65. The van der Waals surface area contributed by atoms with Crippen molar-refractivity contribution < 1.29 is 27.5 Å². The molecule has 0 bridgehead atoms. The Labute approximate surface area is 138 Å². The SMILES string of the molecule is Cc1occc1C(=O)NNS(=O)(=O)c1ccc(CCC(=O)O)cc1. The van der Waals surface area contributed by atoms with Crippen molar-refractivity contribution >= 4 is 21.9 Å². The third-order valence-electron chi connectivity index (χ3n) is 3.26. The topological polar surface area (TPSA) is 126 Å². The number of hydrogen-bond donors (Lipinski definition) is 3. The van der Waals surface area contributed by atoms with Crippen molar-refractivity contribution in [1.29, 1.82) is 0 Å². The lowest BCUT2D eigenvalue weighted by Gasteiger charge is -2.08. The maximum absolute atomic E-state index is 12.1. The van der Waals surface area contributed by atoms with Crippen LogP contribution in [-0.4, -0.2) is 25.4 Å². The van der Waals surface area contributed by atoms with Gasteiger partial charge in [-0.3, -0.25) is 15.0 Å². The van der Waals surface area contributed by atoms with Crippen molar-refractivity contribution in [1.82, 2.24) is 10.3 Å². The van der Waals surface area contributed by atoms with Gasteiger partial charge in [-0.25, -0.2) is 8.42 Å². The summed E-state index contributed by atoms with van der Waals surface area (Å²) in [6.45, 7) is 1.58. The first-order valence-electron chi connectivity index (χ1n) is 6.96. The van der Waals surface area contributed by atoms with E-state index in [0.29, 0.717) is 17.7 Å². The van der Waals surface area contributed by atoms with E-state index in [9.17, 15) is 18.0 Å². The van der Waals surface area contributed by atoms with Gasteiger partial charge in [-0.05, 0) is 37.1 Å². The number of carboxylic acid groups (broad SMARTS) is 1. The van der Waals surface area contributed by atoms with Crippen LogP contribution in [0.4, 0.5) is 0 Å². The summed E-state index contributed by atoms with van der Waals surface area (Å²) in [6.07, 6.45) is 1.60. The molecular weight excluding hydrogens is 336 g/mol. The number of hydrazine groups is 1. The van der Waals surface area contributed by atoms with Gasteiger partial charge < -0.3 is 9.52 Å². The van der Waals surface area contributed by atoms with Crippen molar-refractivity contribution in [2.75, 3.05) is 0 Å². The number of sulfonamides is 1. The summed E-state index contributed by atoms with van der Waals surface area (Å²) in [6, 6.07) is 7.17. The fourth-order valence-electron chi connectivity index (χ4n) is 1.95. The van der Waals surface area contributed by atoms with Gasteiger partial charge in [0, 0.05) is 6.42 Å². The highest BCUT2D eigenvalue weighted by atomic mass is 32.2. The van der Waals surface area contributed by atoms with Crippen LogP contribution in [-0.2, 0) is 21.2 Å². The normalized spacial score (nSPS) is 11.2. The number of amides is 1. The second-order valence-corrected chi connectivity index (χ2v) is 6.67. The number of rotatable bonds is 7. The van der Waals surface area contributed by atoms with Crippen LogP contribution in [0.5, 0.6) is 0 Å². The van der Waals surface area contributed by atoms with Crippen LogP contribution in [0, 0.1) is 6.92 Å². The molecule has 0 saturated heterocycles. The van der Waals surface area contributed by atoms with E-state index in [2.05, 4.69) is 5.43 Å². The summed E-state index contributed by atoms with van der Waals surface area (Å²) in [4.78, 5) is 24.3. The molecule has 0 spiro atoms. The maximum atomic E-state index is 12.1. The highest BCUT2D eigenvalue weighted by molar-refractivity contribution is 7.89. The van der Waals surface area contributed by atoms with Crippen molar-refractivity contribution in [3.8, 4) is 0 Å². The zero-order chi connectivity index (χ0) is 17.7. The molecule has 0 fully saturated rings. The molecule has 3 N–H and O–H groups in total. The number of furan rings is 1. The average Bonchev–Trinajstić information content (AvgIpc) is 2.97. The second kappa shape index (κ2) is 7.28. The van der Waals surface area contributed by atoms with Gasteiger partial charge in [0.2, 0.25) is 0 Å². The van der Waals surface area contributed by atoms with Crippen LogP contribution in [0.3, 0.4) is 0 Å². The molecule has 0 saturated carbocycles. The molecule has 2 rings (SSSR count). The van der Waals surface area contributed by atoms with Gasteiger partial charge in [0.05, 0.1) is 16.7 Å². The fourth-order valence-corrected chi connectivity index (χ4v) is 2.79. The van der Waals surface area contributed by atoms with Crippen LogP contribution in [0.15, 0.2) is 45.9 Å². The minimum absolute atomic E-state index is 0.0372. The molecule has 8 nitrogen and oxygen atoms in total. The number of carbonyl (C=O) groups excluding carboxylic acids is 1. The van der Waals surface area contributed by atoms with Crippen LogP contribution in [0.25, 0.3) is 0 Å². The first-order chi connectivity index (χ1) is 11.3. The van der Waals surface area contributed by atoms with Crippen LogP contribution in [0.1, 0.15) is 28.1 Å². The van der Waals surface area contributed by atoms with Crippen LogP contribution in [0.2, 0.25) is 0 Å². The summed E-state index contributed by atoms with van der Waals surface area (Å²) >= 11 is 0. The quantitative estimate of drug-likeness (QED) is 0.644. The number of aryl methyl sites for hydroxylation is 2. The van der Waals surface area contributed by atoms with E-state index in [4.69, 9.17) is 9.52 Å².